The number of nitrogens with zero attached hydrogens (tertiary/aromatic N) is 2. The van der Waals surface area contributed by atoms with Crippen LogP contribution in [-0.4, -0.2) is 67.2 Å². The molecule has 2 fully saturated rings. The van der Waals surface area contributed by atoms with Gasteiger partial charge in [-0.25, -0.2) is 0 Å². The second-order valence-corrected chi connectivity index (χ2v) is 6.69. The van der Waals surface area contributed by atoms with E-state index in [0.29, 0.717) is 24.3 Å². The predicted molar refractivity (Wildman–Crippen MR) is 88.7 cm³/mol. The first-order chi connectivity index (χ1) is 10.7. The number of amides is 1. The van der Waals surface area contributed by atoms with E-state index >= 15 is 0 Å². The lowest BCUT2D eigenvalue weighted by atomic mass is 9.98. The smallest absolute Gasteiger partial charge is 0.223 e. The van der Waals surface area contributed by atoms with Crippen molar-refractivity contribution in [3.05, 3.63) is 0 Å². The fourth-order valence-electron chi connectivity index (χ4n) is 3.80. The Hall–Kier alpha value is -0.650. The van der Waals surface area contributed by atoms with E-state index in [4.69, 9.17) is 10.5 Å². The molecular formula is C17H33N3O2. The lowest BCUT2D eigenvalue weighted by Crippen LogP contribution is -2.55. The molecule has 0 aromatic heterocycles. The van der Waals surface area contributed by atoms with E-state index in [9.17, 15) is 4.79 Å². The van der Waals surface area contributed by atoms with Gasteiger partial charge in [0.05, 0.1) is 6.61 Å². The number of carbonyl (C=O) groups is 1. The van der Waals surface area contributed by atoms with Gasteiger partial charge in [0.2, 0.25) is 5.91 Å². The Labute approximate surface area is 135 Å². The fraction of sp³-hybridized carbons (Fsp3) is 0.941. The van der Waals surface area contributed by atoms with Gasteiger partial charge in [-0.15, -0.1) is 0 Å². The molecule has 2 aliphatic rings. The maximum atomic E-state index is 12.6. The molecule has 2 N–H and O–H groups in total. The van der Waals surface area contributed by atoms with Crippen LogP contribution in [0, 0.1) is 5.92 Å². The molecule has 1 saturated carbocycles. The van der Waals surface area contributed by atoms with Gasteiger partial charge in [0.1, 0.15) is 0 Å². The van der Waals surface area contributed by atoms with E-state index in [0.717, 1.165) is 58.7 Å². The second kappa shape index (κ2) is 8.85. The quantitative estimate of drug-likeness (QED) is 0.723. The Balaban J connectivity index is 1.80. The SMILES string of the molecule is CCOCCN1CCN(C(=O)C[C@@H]2CCC[C@H]2N)CC1CC. The molecule has 3 atom stereocenters. The minimum absolute atomic E-state index is 0.235. The van der Waals surface area contributed by atoms with Gasteiger partial charge in [-0.2, -0.15) is 0 Å². The van der Waals surface area contributed by atoms with Crippen LogP contribution in [-0.2, 0) is 9.53 Å². The summed E-state index contributed by atoms with van der Waals surface area (Å²) in [6.45, 7) is 9.46. The van der Waals surface area contributed by atoms with Crippen LogP contribution in [0.25, 0.3) is 0 Å². The third kappa shape index (κ3) is 4.67. The first-order valence-corrected chi connectivity index (χ1v) is 9.00. The summed E-state index contributed by atoms with van der Waals surface area (Å²) < 4.78 is 5.47. The summed E-state index contributed by atoms with van der Waals surface area (Å²) in [6.07, 6.45) is 5.12. The summed E-state index contributed by atoms with van der Waals surface area (Å²) in [6, 6.07) is 0.703. The molecule has 1 saturated heterocycles. The van der Waals surface area contributed by atoms with Gasteiger partial charge in [0, 0.05) is 51.3 Å². The summed E-state index contributed by atoms with van der Waals surface area (Å²) in [5.74, 6) is 0.716. The first-order valence-electron chi connectivity index (χ1n) is 9.00. The standard InChI is InChI=1S/C17H33N3O2/c1-3-15-13-20(9-8-19(15)10-11-22-4-2)17(21)12-14-6-5-7-16(14)18/h14-16H,3-13,18H2,1-2H3/t14-,15?,16+/m0/s1. The molecule has 5 heteroatoms. The van der Waals surface area contributed by atoms with Crippen LogP contribution in [0.1, 0.15) is 46.0 Å². The number of hydrogen-bond donors (Lipinski definition) is 1. The molecule has 0 aromatic rings. The monoisotopic (exact) mass is 311 g/mol. The molecule has 0 aromatic carbocycles. The Morgan fingerprint density at radius 1 is 1.27 bits per heavy atom. The van der Waals surface area contributed by atoms with E-state index < -0.39 is 0 Å². The number of rotatable bonds is 7. The topological polar surface area (TPSA) is 58.8 Å². The average Bonchev–Trinajstić information content (AvgIpc) is 2.92. The van der Waals surface area contributed by atoms with Crippen LogP contribution in [0.4, 0.5) is 0 Å². The number of nitrogens with two attached hydrogens (primary N) is 1. The molecule has 2 rings (SSSR count). The number of ether oxygens (including phenoxy) is 1. The predicted octanol–water partition coefficient (Wildman–Crippen LogP) is 1.46. The van der Waals surface area contributed by atoms with Crippen molar-refractivity contribution in [2.75, 3.05) is 39.4 Å². The third-order valence-electron chi connectivity index (χ3n) is 5.31. The maximum Gasteiger partial charge on any atom is 0.223 e. The number of carbonyl (C=O) groups excluding carboxylic acids is 1. The van der Waals surface area contributed by atoms with Crippen molar-refractivity contribution in [1.82, 2.24) is 9.80 Å². The maximum absolute atomic E-state index is 12.6. The molecule has 1 unspecified atom stereocenters. The van der Waals surface area contributed by atoms with Crippen LogP contribution in [0.2, 0.25) is 0 Å². The first kappa shape index (κ1) is 17.7. The van der Waals surface area contributed by atoms with E-state index in [1.54, 1.807) is 0 Å². The fourth-order valence-corrected chi connectivity index (χ4v) is 3.80. The normalized spacial score (nSPS) is 30.0. The molecule has 0 bridgehead atoms. The van der Waals surface area contributed by atoms with Gasteiger partial charge in [-0.3, -0.25) is 9.69 Å². The molecule has 1 aliphatic carbocycles. The highest BCUT2D eigenvalue weighted by atomic mass is 16.5. The Morgan fingerprint density at radius 3 is 2.73 bits per heavy atom. The highest BCUT2D eigenvalue weighted by Gasteiger charge is 2.31. The van der Waals surface area contributed by atoms with Crippen LogP contribution >= 0.6 is 0 Å². The van der Waals surface area contributed by atoms with Gasteiger partial charge < -0.3 is 15.4 Å². The summed E-state index contributed by atoms with van der Waals surface area (Å²) in [5, 5.41) is 0. The van der Waals surface area contributed by atoms with Crippen LogP contribution in [0.5, 0.6) is 0 Å². The van der Waals surface area contributed by atoms with Crippen molar-refractivity contribution in [1.29, 1.82) is 0 Å². The highest BCUT2D eigenvalue weighted by molar-refractivity contribution is 5.76. The Kier molecular flexibility index (Phi) is 7.12. The van der Waals surface area contributed by atoms with Crippen molar-refractivity contribution in [3.63, 3.8) is 0 Å². The van der Waals surface area contributed by atoms with E-state index in [1.807, 2.05) is 6.92 Å². The number of piperazine rings is 1. The van der Waals surface area contributed by atoms with E-state index in [2.05, 4.69) is 16.7 Å². The average molecular weight is 311 g/mol. The van der Waals surface area contributed by atoms with Gasteiger partial charge in [0.25, 0.3) is 0 Å². The molecular weight excluding hydrogens is 278 g/mol. The summed E-state index contributed by atoms with van der Waals surface area (Å²) >= 11 is 0. The molecule has 1 amide bonds. The van der Waals surface area contributed by atoms with Crippen LogP contribution in [0.15, 0.2) is 0 Å². The van der Waals surface area contributed by atoms with Crippen molar-refractivity contribution in [2.45, 2.75) is 58.0 Å². The van der Waals surface area contributed by atoms with Gasteiger partial charge in [-0.05, 0) is 32.1 Å². The number of hydrogen-bond acceptors (Lipinski definition) is 4. The molecule has 1 heterocycles. The van der Waals surface area contributed by atoms with Crippen molar-refractivity contribution < 1.29 is 9.53 Å². The lowest BCUT2D eigenvalue weighted by Gasteiger charge is -2.41. The third-order valence-corrected chi connectivity index (χ3v) is 5.31. The minimum atomic E-state index is 0.235. The van der Waals surface area contributed by atoms with Crippen molar-refractivity contribution in [3.8, 4) is 0 Å². The van der Waals surface area contributed by atoms with Crippen molar-refractivity contribution in [2.24, 2.45) is 11.7 Å². The molecule has 1 aliphatic heterocycles. The molecule has 0 radical (unpaired) electrons. The second-order valence-electron chi connectivity index (χ2n) is 6.69. The van der Waals surface area contributed by atoms with Gasteiger partial charge in [0.15, 0.2) is 0 Å². The lowest BCUT2D eigenvalue weighted by molar-refractivity contribution is -0.135. The molecule has 5 nitrogen and oxygen atoms in total. The molecule has 22 heavy (non-hydrogen) atoms. The van der Waals surface area contributed by atoms with Crippen LogP contribution < -0.4 is 5.73 Å². The van der Waals surface area contributed by atoms with Crippen LogP contribution in [0.3, 0.4) is 0 Å². The molecule has 128 valence electrons. The zero-order valence-electron chi connectivity index (χ0n) is 14.3. The summed E-state index contributed by atoms with van der Waals surface area (Å²) in [7, 11) is 0. The Bertz CT molecular complexity index is 351. The largest absolute Gasteiger partial charge is 0.380 e. The van der Waals surface area contributed by atoms with Crippen molar-refractivity contribution >= 4 is 5.91 Å². The zero-order chi connectivity index (χ0) is 15.9. The zero-order valence-corrected chi connectivity index (χ0v) is 14.3. The summed E-state index contributed by atoms with van der Waals surface area (Å²) in [4.78, 5) is 17.1. The van der Waals surface area contributed by atoms with E-state index in [1.165, 1.54) is 6.42 Å². The van der Waals surface area contributed by atoms with Gasteiger partial charge >= 0.3 is 0 Å². The Morgan fingerprint density at radius 2 is 2.09 bits per heavy atom. The highest BCUT2D eigenvalue weighted by Crippen LogP contribution is 2.27. The van der Waals surface area contributed by atoms with E-state index in [-0.39, 0.29) is 6.04 Å². The summed E-state index contributed by atoms with van der Waals surface area (Å²) in [5.41, 5.74) is 6.11. The minimum Gasteiger partial charge on any atom is -0.380 e. The van der Waals surface area contributed by atoms with Gasteiger partial charge in [-0.1, -0.05) is 13.3 Å². The molecule has 0 spiro atoms.